The van der Waals surface area contributed by atoms with Crippen molar-refractivity contribution in [3.63, 3.8) is 0 Å². The van der Waals surface area contributed by atoms with Crippen LogP contribution in [-0.2, 0) is 9.53 Å². The Morgan fingerprint density at radius 3 is 2.36 bits per heavy atom. The van der Waals surface area contributed by atoms with Crippen LogP contribution in [0.4, 0.5) is 4.79 Å². The van der Waals surface area contributed by atoms with Gasteiger partial charge in [0.2, 0.25) is 5.91 Å². The van der Waals surface area contributed by atoms with Crippen molar-refractivity contribution < 1.29 is 14.3 Å². The maximum atomic E-state index is 11.9. The molecule has 0 aromatic heterocycles. The van der Waals surface area contributed by atoms with Gasteiger partial charge in [-0.3, -0.25) is 4.79 Å². The Bertz CT molecular complexity index is 674. The molecule has 0 fully saturated rings. The number of ether oxygens (including phenoxy) is 1. The molecule has 0 saturated heterocycles. The van der Waals surface area contributed by atoms with E-state index in [9.17, 15) is 9.59 Å². The van der Waals surface area contributed by atoms with E-state index in [1.807, 2.05) is 44.2 Å². The molecule has 0 bridgehead atoms. The van der Waals surface area contributed by atoms with Gasteiger partial charge >= 0.3 is 6.09 Å². The molecular formula is C20H26N2O3. The van der Waals surface area contributed by atoms with E-state index in [1.54, 1.807) is 26.8 Å². The summed E-state index contributed by atoms with van der Waals surface area (Å²) in [6.07, 6.45) is 2.40. The molecule has 0 saturated carbocycles. The van der Waals surface area contributed by atoms with E-state index in [0.29, 0.717) is 0 Å². The highest BCUT2D eigenvalue weighted by atomic mass is 16.6. The second kappa shape index (κ2) is 8.93. The molecule has 0 atom stereocenters. The van der Waals surface area contributed by atoms with Gasteiger partial charge in [0.15, 0.2) is 0 Å². The van der Waals surface area contributed by atoms with Crippen molar-refractivity contribution in [2.24, 2.45) is 0 Å². The molecule has 25 heavy (non-hydrogen) atoms. The summed E-state index contributed by atoms with van der Waals surface area (Å²) in [4.78, 5) is 23.4. The van der Waals surface area contributed by atoms with E-state index in [0.717, 1.165) is 5.56 Å². The molecule has 5 heteroatoms. The lowest BCUT2D eigenvalue weighted by molar-refractivity contribution is -0.117. The Kier molecular flexibility index (Phi) is 7.25. The summed E-state index contributed by atoms with van der Waals surface area (Å²) >= 11 is 0. The lowest BCUT2D eigenvalue weighted by Gasteiger charge is -2.19. The highest BCUT2D eigenvalue weighted by Gasteiger charge is 2.16. The predicted molar refractivity (Wildman–Crippen MR) is 98.9 cm³/mol. The number of alkyl carbamates (subject to hydrolysis) is 1. The molecule has 0 aliphatic carbocycles. The van der Waals surface area contributed by atoms with Gasteiger partial charge in [0, 0.05) is 18.2 Å². The Morgan fingerprint density at radius 1 is 1.12 bits per heavy atom. The number of hydrogen-bond acceptors (Lipinski definition) is 3. The third kappa shape index (κ3) is 9.87. The van der Waals surface area contributed by atoms with Gasteiger partial charge in [0.25, 0.3) is 0 Å². The maximum Gasteiger partial charge on any atom is 0.407 e. The first-order valence-electron chi connectivity index (χ1n) is 8.11. The fourth-order valence-electron chi connectivity index (χ4n) is 1.75. The second-order valence-corrected chi connectivity index (χ2v) is 7.02. The van der Waals surface area contributed by atoms with Crippen LogP contribution in [0.1, 0.15) is 40.2 Å². The molecular weight excluding hydrogens is 316 g/mol. The third-order valence-corrected chi connectivity index (χ3v) is 2.76. The summed E-state index contributed by atoms with van der Waals surface area (Å²) in [6.45, 7) is 9.22. The number of benzene rings is 1. The van der Waals surface area contributed by atoms with Crippen LogP contribution in [-0.4, -0.2) is 29.7 Å². The molecule has 0 radical (unpaired) electrons. The fourth-order valence-corrected chi connectivity index (χ4v) is 1.75. The van der Waals surface area contributed by atoms with Crippen molar-refractivity contribution in [2.45, 2.75) is 45.8 Å². The standard InChI is InChI=1S/C20H26N2O3/c1-19(2,3)25-18(24)21-15-9-12-17(23)22-20(4,5)14-13-16-10-7-6-8-11-16/h6-12H,15H2,1-5H3,(H,21,24)(H,22,23)/b12-9+. The molecule has 0 spiro atoms. The normalized spacial score (nSPS) is 11.4. The van der Waals surface area contributed by atoms with Crippen LogP contribution in [0, 0.1) is 11.8 Å². The zero-order valence-electron chi connectivity index (χ0n) is 15.5. The largest absolute Gasteiger partial charge is 0.444 e. The SMILES string of the molecule is CC(C)(C#Cc1ccccc1)NC(=O)/C=C/CNC(=O)OC(C)(C)C. The van der Waals surface area contributed by atoms with Crippen molar-refractivity contribution in [2.75, 3.05) is 6.54 Å². The van der Waals surface area contributed by atoms with Crippen LogP contribution in [0.3, 0.4) is 0 Å². The van der Waals surface area contributed by atoms with Gasteiger partial charge < -0.3 is 15.4 Å². The Balaban J connectivity index is 2.45. The summed E-state index contributed by atoms with van der Waals surface area (Å²) in [7, 11) is 0. The van der Waals surface area contributed by atoms with Crippen molar-refractivity contribution >= 4 is 12.0 Å². The van der Waals surface area contributed by atoms with Crippen molar-refractivity contribution in [1.82, 2.24) is 10.6 Å². The summed E-state index contributed by atoms with van der Waals surface area (Å²) in [5, 5.41) is 5.36. The minimum absolute atomic E-state index is 0.207. The lowest BCUT2D eigenvalue weighted by Crippen LogP contribution is -2.41. The Labute approximate surface area is 149 Å². The highest BCUT2D eigenvalue weighted by Crippen LogP contribution is 2.06. The molecule has 0 aliphatic rings. The molecule has 2 N–H and O–H groups in total. The van der Waals surface area contributed by atoms with E-state index >= 15 is 0 Å². The molecule has 0 unspecified atom stereocenters. The molecule has 134 valence electrons. The quantitative estimate of drug-likeness (QED) is 0.653. The van der Waals surface area contributed by atoms with Crippen molar-refractivity contribution in [3.8, 4) is 11.8 Å². The van der Waals surface area contributed by atoms with Crippen LogP contribution in [0.25, 0.3) is 0 Å². The summed E-state index contributed by atoms with van der Waals surface area (Å²) in [5.74, 6) is 5.79. The molecule has 0 aliphatic heterocycles. The van der Waals surface area contributed by atoms with Gasteiger partial charge in [-0.2, -0.15) is 0 Å². The average Bonchev–Trinajstić information content (AvgIpc) is 2.49. The van der Waals surface area contributed by atoms with Gasteiger partial charge in [0.05, 0.1) is 5.54 Å². The fraction of sp³-hybridized carbons (Fsp3) is 0.400. The summed E-state index contributed by atoms with van der Waals surface area (Å²) in [6, 6.07) is 9.57. The molecule has 2 amide bonds. The molecule has 1 aromatic carbocycles. The predicted octanol–water partition coefficient (Wildman–Crippen LogP) is 3.01. The first kappa shape index (κ1) is 20.3. The van der Waals surface area contributed by atoms with Crippen molar-refractivity contribution in [1.29, 1.82) is 0 Å². The zero-order chi connectivity index (χ0) is 18.9. The van der Waals surface area contributed by atoms with Gasteiger partial charge in [-0.25, -0.2) is 4.79 Å². The summed E-state index contributed by atoms with van der Waals surface area (Å²) in [5.41, 5.74) is -0.329. The van der Waals surface area contributed by atoms with Crippen LogP contribution < -0.4 is 10.6 Å². The van der Waals surface area contributed by atoms with E-state index < -0.39 is 17.2 Å². The second-order valence-electron chi connectivity index (χ2n) is 7.02. The monoisotopic (exact) mass is 342 g/mol. The van der Waals surface area contributed by atoms with Crippen LogP contribution >= 0.6 is 0 Å². The van der Waals surface area contributed by atoms with Crippen molar-refractivity contribution in [3.05, 3.63) is 48.0 Å². The Morgan fingerprint density at radius 2 is 1.76 bits per heavy atom. The number of rotatable bonds is 4. The molecule has 5 nitrogen and oxygen atoms in total. The lowest BCUT2D eigenvalue weighted by atomic mass is 10.1. The van der Waals surface area contributed by atoms with Gasteiger partial charge in [-0.15, -0.1) is 0 Å². The van der Waals surface area contributed by atoms with Gasteiger partial charge in [-0.05, 0) is 46.8 Å². The number of hydrogen-bond donors (Lipinski definition) is 2. The topological polar surface area (TPSA) is 67.4 Å². The zero-order valence-corrected chi connectivity index (χ0v) is 15.5. The first-order valence-corrected chi connectivity index (χ1v) is 8.11. The van der Waals surface area contributed by atoms with Crippen LogP contribution in [0.5, 0.6) is 0 Å². The van der Waals surface area contributed by atoms with E-state index in [-0.39, 0.29) is 12.5 Å². The number of amides is 2. The summed E-state index contributed by atoms with van der Waals surface area (Å²) < 4.78 is 5.10. The average molecular weight is 342 g/mol. The first-order chi connectivity index (χ1) is 11.6. The Hall–Kier alpha value is -2.74. The number of nitrogens with one attached hydrogen (secondary N) is 2. The van der Waals surface area contributed by atoms with Crippen LogP contribution in [0.2, 0.25) is 0 Å². The maximum absolute atomic E-state index is 11.9. The number of carbonyl (C=O) groups is 2. The van der Waals surface area contributed by atoms with E-state index in [1.165, 1.54) is 6.08 Å². The minimum atomic E-state index is -0.671. The van der Waals surface area contributed by atoms with Crippen LogP contribution in [0.15, 0.2) is 42.5 Å². The van der Waals surface area contributed by atoms with Gasteiger partial charge in [0.1, 0.15) is 5.60 Å². The highest BCUT2D eigenvalue weighted by molar-refractivity contribution is 5.88. The van der Waals surface area contributed by atoms with Gasteiger partial charge in [-0.1, -0.05) is 36.1 Å². The van der Waals surface area contributed by atoms with E-state index in [2.05, 4.69) is 22.5 Å². The molecule has 1 rings (SSSR count). The van der Waals surface area contributed by atoms with E-state index in [4.69, 9.17) is 4.74 Å². The third-order valence-electron chi connectivity index (χ3n) is 2.76. The minimum Gasteiger partial charge on any atom is -0.444 e. The smallest absolute Gasteiger partial charge is 0.407 e. The molecule has 1 aromatic rings. The molecule has 0 heterocycles. The number of carbonyl (C=O) groups excluding carboxylic acids is 2.